The first-order valence-electron chi connectivity index (χ1n) is 12.3. The molecule has 4 aliphatic carbocycles. The summed E-state index contributed by atoms with van der Waals surface area (Å²) in [4.78, 5) is 35.9. The van der Waals surface area contributed by atoms with Crippen molar-refractivity contribution in [3.05, 3.63) is 11.6 Å². The van der Waals surface area contributed by atoms with Crippen LogP contribution in [0.2, 0.25) is 0 Å². The number of carboxylic acids is 1. The van der Waals surface area contributed by atoms with Gasteiger partial charge in [-0.3, -0.25) is 14.4 Å². The van der Waals surface area contributed by atoms with Gasteiger partial charge in [0.2, 0.25) is 0 Å². The summed E-state index contributed by atoms with van der Waals surface area (Å²) in [5.41, 5.74) is -0.309. The van der Waals surface area contributed by atoms with Crippen LogP contribution in [0.4, 0.5) is 0 Å². The summed E-state index contributed by atoms with van der Waals surface area (Å²) >= 11 is 0. The maximum Gasteiger partial charge on any atom is 0.307 e. The first-order valence-corrected chi connectivity index (χ1v) is 12.3. The van der Waals surface area contributed by atoms with E-state index in [0.717, 1.165) is 31.3 Å². The van der Waals surface area contributed by atoms with Gasteiger partial charge in [0.25, 0.3) is 0 Å². The Morgan fingerprint density at radius 2 is 1.84 bits per heavy atom. The summed E-state index contributed by atoms with van der Waals surface area (Å²) in [6.07, 6.45) is 7.49. The third kappa shape index (κ3) is 3.36. The maximum absolute atomic E-state index is 12.6. The predicted molar refractivity (Wildman–Crippen MR) is 119 cm³/mol. The highest BCUT2D eigenvalue weighted by Gasteiger charge is 2.67. The van der Waals surface area contributed by atoms with Crippen molar-refractivity contribution in [1.82, 2.24) is 0 Å². The normalized spacial score (nSPS) is 45.3. The third-order valence-corrected chi connectivity index (χ3v) is 10.1. The highest BCUT2D eigenvalue weighted by atomic mass is 16.5. The van der Waals surface area contributed by atoms with E-state index in [1.165, 1.54) is 6.92 Å². The number of fused-ring (bicyclic) bond motifs is 5. The topological polar surface area (TPSA) is 101 Å². The molecule has 2 N–H and O–H groups in total. The quantitative estimate of drug-likeness (QED) is 0.486. The number of rotatable bonds is 5. The molecule has 0 aromatic rings. The average Bonchev–Trinajstić information content (AvgIpc) is 2.98. The lowest BCUT2D eigenvalue weighted by Crippen LogP contribution is -2.59. The van der Waals surface area contributed by atoms with Crippen LogP contribution in [0, 0.1) is 40.4 Å². The molecule has 4 aliphatic rings. The zero-order chi connectivity index (χ0) is 23.5. The molecule has 0 aliphatic heterocycles. The summed E-state index contributed by atoms with van der Waals surface area (Å²) in [5.74, 6) is -1.31. The highest BCUT2D eigenvalue weighted by molar-refractivity contribution is 5.92. The zero-order valence-corrected chi connectivity index (χ0v) is 19.9. The lowest BCUT2D eigenvalue weighted by molar-refractivity contribution is -0.171. The fourth-order valence-electron chi connectivity index (χ4n) is 8.44. The van der Waals surface area contributed by atoms with E-state index in [2.05, 4.69) is 13.8 Å². The molecule has 6 nitrogen and oxygen atoms in total. The Kier molecular flexibility index (Phi) is 5.84. The monoisotopic (exact) mass is 446 g/mol. The van der Waals surface area contributed by atoms with E-state index < -0.39 is 17.5 Å². The van der Waals surface area contributed by atoms with E-state index in [9.17, 15) is 24.6 Å². The molecule has 0 aromatic heterocycles. The zero-order valence-electron chi connectivity index (χ0n) is 19.9. The second-order valence-electron chi connectivity index (χ2n) is 11.4. The minimum atomic E-state index is -0.866. The Bertz CT molecular complexity index is 847. The van der Waals surface area contributed by atoms with E-state index in [1.54, 1.807) is 6.08 Å². The maximum atomic E-state index is 12.6. The van der Waals surface area contributed by atoms with Crippen molar-refractivity contribution in [2.75, 3.05) is 6.61 Å². The smallest absolute Gasteiger partial charge is 0.307 e. The molecular formula is C26H38O6. The molecule has 0 aromatic carbocycles. The van der Waals surface area contributed by atoms with Crippen LogP contribution in [-0.4, -0.2) is 40.1 Å². The Hall–Kier alpha value is -1.69. The largest absolute Gasteiger partial charge is 0.481 e. The Morgan fingerprint density at radius 1 is 1.16 bits per heavy atom. The number of esters is 1. The number of hydrogen-bond donors (Lipinski definition) is 2. The van der Waals surface area contributed by atoms with E-state index in [0.29, 0.717) is 32.3 Å². The van der Waals surface area contributed by atoms with Crippen molar-refractivity contribution >= 4 is 17.7 Å². The first-order chi connectivity index (χ1) is 14.9. The van der Waals surface area contributed by atoms with Crippen molar-refractivity contribution in [3.8, 4) is 0 Å². The highest BCUT2D eigenvalue weighted by Crippen LogP contribution is 2.70. The predicted octanol–water partition coefficient (Wildman–Crippen LogP) is 4.15. The van der Waals surface area contributed by atoms with Gasteiger partial charge in [-0.2, -0.15) is 0 Å². The van der Waals surface area contributed by atoms with Gasteiger partial charge in [0.1, 0.15) is 0 Å². The number of hydrogen-bond acceptors (Lipinski definition) is 5. The van der Waals surface area contributed by atoms with E-state index >= 15 is 0 Å². The molecular weight excluding hydrogens is 408 g/mol. The summed E-state index contributed by atoms with van der Waals surface area (Å²) < 4.78 is 5.08. The van der Waals surface area contributed by atoms with Crippen molar-refractivity contribution in [3.63, 3.8) is 0 Å². The van der Waals surface area contributed by atoms with Gasteiger partial charge in [-0.05, 0) is 85.5 Å². The number of aliphatic hydroxyl groups is 1. The summed E-state index contributed by atoms with van der Waals surface area (Å²) in [5, 5.41) is 22.1. The molecule has 4 rings (SSSR count). The molecule has 0 amide bonds. The Labute approximate surface area is 190 Å². The summed E-state index contributed by atoms with van der Waals surface area (Å²) in [6.45, 7) is 8.10. The lowest BCUT2D eigenvalue weighted by Gasteiger charge is -2.62. The van der Waals surface area contributed by atoms with Crippen LogP contribution in [0.3, 0.4) is 0 Å². The van der Waals surface area contributed by atoms with E-state index in [4.69, 9.17) is 4.74 Å². The van der Waals surface area contributed by atoms with Crippen molar-refractivity contribution in [1.29, 1.82) is 0 Å². The average molecular weight is 447 g/mol. The number of carboxylic acid groups (broad SMARTS) is 1. The van der Waals surface area contributed by atoms with Gasteiger partial charge >= 0.3 is 11.9 Å². The molecule has 8 atom stereocenters. The van der Waals surface area contributed by atoms with Crippen molar-refractivity contribution < 1.29 is 29.3 Å². The number of carbonyl (C=O) groups excluding carboxylic acids is 2. The number of ether oxygens (including phenoxy) is 1. The van der Waals surface area contributed by atoms with Crippen LogP contribution in [0.5, 0.6) is 0 Å². The van der Waals surface area contributed by atoms with Gasteiger partial charge in [-0.15, -0.1) is 0 Å². The van der Waals surface area contributed by atoms with Gasteiger partial charge in [0.15, 0.2) is 5.78 Å². The van der Waals surface area contributed by atoms with Crippen LogP contribution in [0.15, 0.2) is 11.6 Å². The van der Waals surface area contributed by atoms with Gasteiger partial charge in [-0.25, -0.2) is 0 Å². The van der Waals surface area contributed by atoms with Crippen LogP contribution < -0.4 is 0 Å². The summed E-state index contributed by atoms with van der Waals surface area (Å²) in [6, 6.07) is 0. The Morgan fingerprint density at radius 3 is 2.50 bits per heavy atom. The van der Waals surface area contributed by atoms with Gasteiger partial charge in [-0.1, -0.05) is 26.3 Å². The molecule has 0 radical (unpaired) electrons. The van der Waals surface area contributed by atoms with Crippen LogP contribution in [0.1, 0.15) is 79.1 Å². The van der Waals surface area contributed by atoms with E-state index in [1.807, 2.05) is 6.92 Å². The Balaban J connectivity index is 1.66. The fraction of sp³-hybridized carbons (Fsp3) is 0.808. The number of allylic oxidation sites excluding steroid dienone is 1. The van der Waals surface area contributed by atoms with Crippen LogP contribution in [-0.2, 0) is 19.1 Å². The van der Waals surface area contributed by atoms with Crippen molar-refractivity contribution in [2.45, 2.75) is 84.7 Å². The van der Waals surface area contributed by atoms with Crippen molar-refractivity contribution in [2.24, 2.45) is 40.4 Å². The lowest BCUT2D eigenvalue weighted by atomic mass is 9.42. The molecule has 3 fully saturated rings. The molecule has 178 valence electrons. The van der Waals surface area contributed by atoms with Crippen LogP contribution in [0.25, 0.3) is 0 Å². The first kappa shape index (κ1) is 23.5. The second-order valence-corrected chi connectivity index (χ2v) is 11.4. The molecule has 0 heterocycles. The molecule has 6 heteroatoms. The molecule has 3 unspecified atom stereocenters. The SMILES string of the molecule is CC(=O)OCCCC1(O)CC[C@H]2[C@@H]3C(C(=O)O)C(C)C4=CC(=O)CC[C@]4(C)[C@@H]3CC[C@@]21C. The minimum absolute atomic E-state index is 0.000836. The number of carbonyl (C=O) groups is 3. The van der Waals surface area contributed by atoms with E-state index in [-0.39, 0.29) is 46.3 Å². The minimum Gasteiger partial charge on any atom is -0.481 e. The van der Waals surface area contributed by atoms with Gasteiger partial charge < -0.3 is 14.9 Å². The molecule has 0 bridgehead atoms. The third-order valence-electron chi connectivity index (χ3n) is 10.1. The second kappa shape index (κ2) is 7.96. The summed E-state index contributed by atoms with van der Waals surface area (Å²) in [7, 11) is 0. The molecule has 0 spiro atoms. The van der Waals surface area contributed by atoms with Crippen LogP contribution >= 0.6 is 0 Å². The number of ketones is 1. The molecule has 0 saturated heterocycles. The van der Waals surface area contributed by atoms with Gasteiger partial charge in [0.05, 0.1) is 18.1 Å². The number of aliphatic carboxylic acids is 1. The van der Waals surface area contributed by atoms with Gasteiger partial charge in [0, 0.05) is 13.3 Å². The standard InChI is InChI=1S/C26H38O6/c1-15-20-14-17(28)6-10-24(20,3)18-7-11-25(4)19(22(18)21(15)23(29)30)8-12-26(25,31)9-5-13-32-16(2)27/h14-15,18-19,21-22,31H,5-13H2,1-4H3,(H,29,30)/t15?,18-,19+,21?,22-,24-,25+,26?/m1/s1. The molecule has 3 saturated carbocycles. The fourth-order valence-corrected chi connectivity index (χ4v) is 8.44. The molecule has 32 heavy (non-hydrogen) atoms.